The molecular formula is C63H50F4N16. The van der Waals surface area contributed by atoms with Crippen LogP contribution in [0.2, 0.25) is 0 Å². The predicted molar refractivity (Wildman–Crippen MR) is 308 cm³/mol. The summed E-state index contributed by atoms with van der Waals surface area (Å²) in [6.45, 7) is 4.23. The summed E-state index contributed by atoms with van der Waals surface area (Å²) in [5.74, 6) is 14.0. The number of fused-ring (bicyclic) bond motifs is 6. The number of hydrogen-bond acceptors (Lipinski definition) is 13. The number of allylic oxidation sites excluding steroid dienone is 1. The van der Waals surface area contributed by atoms with Crippen molar-refractivity contribution in [2.75, 3.05) is 61.4 Å². The smallest absolute Gasteiger partial charge is 0.359 e. The van der Waals surface area contributed by atoms with Crippen LogP contribution >= 0.6 is 0 Å². The van der Waals surface area contributed by atoms with Gasteiger partial charge >= 0.3 is 6.18 Å². The van der Waals surface area contributed by atoms with Crippen molar-refractivity contribution in [3.8, 4) is 69.2 Å². The van der Waals surface area contributed by atoms with E-state index in [9.17, 15) is 23.7 Å². The maximum Gasteiger partial charge on any atom is 0.416 e. The zero-order valence-corrected chi connectivity index (χ0v) is 45.0. The van der Waals surface area contributed by atoms with Gasteiger partial charge < -0.3 is 15.1 Å². The molecule has 0 saturated carbocycles. The molecule has 0 aliphatic carbocycles. The quantitative estimate of drug-likeness (QED) is 0.0744. The molecule has 16 nitrogen and oxygen atoms in total. The number of piperazine rings is 2. The van der Waals surface area contributed by atoms with Gasteiger partial charge in [0.25, 0.3) is 0 Å². The molecule has 2 aromatic carbocycles. The monoisotopic (exact) mass is 1110 g/mol. The summed E-state index contributed by atoms with van der Waals surface area (Å²) >= 11 is 0. The number of rotatable bonds is 11. The normalized spacial score (nSPS) is 18.7. The van der Waals surface area contributed by atoms with Gasteiger partial charge in [-0.25, -0.2) is 23.4 Å². The minimum atomic E-state index is -4.39. The number of anilines is 3. The fourth-order valence-corrected chi connectivity index (χ4v) is 11.9. The largest absolute Gasteiger partial charge is 0.416 e. The Kier molecular flexibility index (Phi) is 13.5. The molecule has 6 aliphatic heterocycles. The first-order valence-electron chi connectivity index (χ1n) is 27.0. The van der Waals surface area contributed by atoms with Crippen molar-refractivity contribution in [3.05, 3.63) is 174 Å². The van der Waals surface area contributed by atoms with E-state index in [2.05, 4.69) is 93.2 Å². The van der Waals surface area contributed by atoms with Crippen LogP contribution in [0.3, 0.4) is 0 Å². The number of piperidine rings is 2. The van der Waals surface area contributed by atoms with Gasteiger partial charge in [0.15, 0.2) is 0 Å². The van der Waals surface area contributed by atoms with Gasteiger partial charge in [0.1, 0.15) is 29.6 Å². The number of aromatic nitrogens is 8. The van der Waals surface area contributed by atoms with Gasteiger partial charge in [0.05, 0.1) is 65.1 Å². The molecule has 83 heavy (non-hydrogen) atoms. The average molecular weight is 1110 g/mol. The Morgan fingerprint density at radius 3 is 1.75 bits per heavy atom. The SMILES string of the molecule is CN=CC(=CNc1cc(C#CCN2C3CC2CN(c2ccc(-c4cc(-c5cnn(C)c5)cn5ncc(C#N)c45)cn2)C3)ccc1F)c1cc(-c2ccc(N3CC4CC(C3)N4CC#Cc3ccc(C(F)(F)F)cc3)nc2)c2c(C#N)cnn2c1. The van der Waals surface area contributed by atoms with Gasteiger partial charge in [-0.05, 0) is 91.7 Å². The summed E-state index contributed by atoms with van der Waals surface area (Å²) in [5.41, 5.74) is 9.44. The van der Waals surface area contributed by atoms with Crippen LogP contribution in [0.5, 0.6) is 0 Å². The lowest BCUT2D eigenvalue weighted by Gasteiger charge is -2.56. The zero-order valence-electron chi connectivity index (χ0n) is 45.0. The van der Waals surface area contributed by atoms with Crippen molar-refractivity contribution in [2.45, 2.75) is 43.2 Å². The number of halogens is 4. The van der Waals surface area contributed by atoms with Crippen LogP contribution in [0.25, 0.3) is 50.0 Å². The molecule has 6 fully saturated rings. The van der Waals surface area contributed by atoms with E-state index < -0.39 is 17.6 Å². The molecule has 7 aromatic heterocycles. The van der Waals surface area contributed by atoms with E-state index in [0.717, 1.165) is 102 Å². The van der Waals surface area contributed by atoms with E-state index in [1.54, 1.807) is 63.9 Å². The number of benzene rings is 2. The minimum Gasteiger partial charge on any atom is -0.359 e. The summed E-state index contributed by atoms with van der Waals surface area (Å²) in [5, 5.41) is 36.5. The Morgan fingerprint density at radius 1 is 0.651 bits per heavy atom. The number of aliphatic imine (C=N–C) groups is 1. The van der Waals surface area contributed by atoms with Crippen LogP contribution in [0, 0.1) is 52.2 Å². The third-order valence-corrected chi connectivity index (χ3v) is 16.1. The molecule has 15 rings (SSSR count). The van der Waals surface area contributed by atoms with E-state index in [0.29, 0.717) is 64.1 Å². The van der Waals surface area contributed by atoms with Crippen LogP contribution in [-0.2, 0) is 13.2 Å². The molecule has 0 radical (unpaired) electrons. The summed E-state index contributed by atoms with van der Waals surface area (Å²) < 4.78 is 59.7. The van der Waals surface area contributed by atoms with Crippen molar-refractivity contribution in [1.82, 2.24) is 48.8 Å². The highest BCUT2D eigenvalue weighted by Crippen LogP contribution is 2.38. The fourth-order valence-electron chi connectivity index (χ4n) is 11.9. The molecule has 0 amide bonds. The van der Waals surface area contributed by atoms with E-state index in [4.69, 9.17) is 9.97 Å². The second-order valence-electron chi connectivity index (χ2n) is 21.2. The van der Waals surface area contributed by atoms with E-state index in [1.807, 2.05) is 56.1 Å². The average Bonchev–Trinajstić information content (AvgIpc) is 3.43. The molecule has 13 heterocycles. The van der Waals surface area contributed by atoms with Gasteiger partial charge in [-0.2, -0.15) is 39.0 Å². The maximum atomic E-state index is 15.5. The molecule has 0 spiro atoms. The first kappa shape index (κ1) is 52.3. The Morgan fingerprint density at radius 2 is 1.22 bits per heavy atom. The van der Waals surface area contributed by atoms with Crippen LogP contribution in [0.4, 0.5) is 34.9 Å². The number of nitrogens with zero attached hydrogens (tertiary/aromatic N) is 15. The number of nitriles is 2. The summed E-state index contributed by atoms with van der Waals surface area (Å²) in [6.07, 6.45) is 15.3. The predicted octanol–water partition coefficient (Wildman–Crippen LogP) is 9.19. The number of nitrogens with one attached hydrogen (secondary N) is 1. The van der Waals surface area contributed by atoms with Crippen molar-refractivity contribution >= 4 is 40.1 Å². The Bertz CT molecular complexity index is 4250. The van der Waals surface area contributed by atoms with E-state index in [1.165, 1.54) is 24.4 Å². The van der Waals surface area contributed by atoms with Crippen LogP contribution in [-0.4, -0.2) is 125 Å². The lowest BCUT2D eigenvalue weighted by Crippen LogP contribution is -2.68. The van der Waals surface area contributed by atoms with Gasteiger partial charge in [-0.15, -0.1) is 0 Å². The molecule has 410 valence electrons. The Labute approximate surface area is 474 Å². The van der Waals surface area contributed by atoms with Crippen molar-refractivity contribution in [2.24, 2.45) is 12.0 Å². The van der Waals surface area contributed by atoms with Gasteiger partial charge in [0, 0.05) is 163 Å². The number of aryl methyl sites for hydroxylation is 1. The summed E-state index contributed by atoms with van der Waals surface area (Å²) in [7, 11) is 3.53. The number of hydrogen-bond donors (Lipinski definition) is 1. The van der Waals surface area contributed by atoms with E-state index in [-0.39, 0.29) is 17.8 Å². The molecule has 20 heteroatoms. The third-order valence-electron chi connectivity index (χ3n) is 16.1. The molecule has 6 saturated heterocycles. The van der Waals surface area contributed by atoms with Gasteiger partial charge in [0.2, 0.25) is 0 Å². The molecule has 9 aromatic rings. The molecule has 6 aliphatic rings. The maximum absolute atomic E-state index is 15.5. The zero-order chi connectivity index (χ0) is 56.9. The van der Waals surface area contributed by atoms with Crippen LogP contribution in [0.1, 0.15) is 46.2 Å². The van der Waals surface area contributed by atoms with E-state index >= 15 is 4.39 Å². The highest BCUT2D eigenvalue weighted by molar-refractivity contribution is 6.11. The fraction of sp³-hybridized carbons (Fsp3) is 0.238. The van der Waals surface area contributed by atoms with Crippen LogP contribution in [0.15, 0.2) is 140 Å². The molecule has 4 bridgehead atoms. The first-order chi connectivity index (χ1) is 40.4. The highest BCUT2D eigenvalue weighted by Gasteiger charge is 2.45. The lowest BCUT2D eigenvalue weighted by atomic mass is 9.87. The second-order valence-corrected chi connectivity index (χ2v) is 21.2. The third kappa shape index (κ3) is 10.2. The van der Waals surface area contributed by atoms with Crippen LogP contribution < -0.4 is 15.1 Å². The first-order valence-corrected chi connectivity index (χ1v) is 27.0. The topological polar surface area (TPSA) is 163 Å². The molecule has 4 atom stereocenters. The number of pyridine rings is 4. The summed E-state index contributed by atoms with van der Waals surface area (Å²) in [6, 6.07) is 27.5. The highest BCUT2D eigenvalue weighted by atomic mass is 19.4. The molecule has 1 N–H and O–H groups in total. The van der Waals surface area contributed by atoms with Crippen molar-refractivity contribution in [1.29, 1.82) is 10.5 Å². The number of alkyl halides is 3. The lowest BCUT2D eigenvalue weighted by molar-refractivity contribution is -0.137. The van der Waals surface area contributed by atoms with Gasteiger partial charge in [-0.1, -0.05) is 23.7 Å². The summed E-state index contributed by atoms with van der Waals surface area (Å²) in [4.78, 5) is 23.5. The van der Waals surface area contributed by atoms with Crippen molar-refractivity contribution in [3.63, 3.8) is 0 Å². The molecule has 4 unspecified atom stereocenters. The Hall–Kier alpha value is -10.1. The van der Waals surface area contributed by atoms with Crippen molar-refractivity contribution < 1.29 is 17.6 Å². The minimum absolute atomic E-state index is 0.242. The van der Waals surface area contributed by atoms with Gasteiger partial charge in [-0.3, -0.25) is 19.5 Å². The second kappa shape index (κ2) is 21.4. The molecular weight excluding hydrogens is 1060 g/mol. The Balaban J connectivity index is 0.656. The standard InChI is InChI=1S/C63H50F4N16/c1-70-26-48(44-20-55(61-46(24-68)30-75-82(61)34-44)42-10-15-59(72-27-42)78-36-51-22-52(37-78)80(51)17-3-5-40-7-12-50(13-8-40)63(65,66)67)29-71-58-19-41(9-14-57(58)64)6-4-18-81-53-23-54(81)39-79(38-53)60-16-11-43(28-73-60)56-21-45(49-32-74-77(2)33-49)35-83-62(56)47(25-69)31-76-83/h7-16,19-21,26-35,51-54,71H,17-18,22-23,36-39H2,1-2H3.